The van der Waals surface area contributed by atoms with Gasteiger partial charge in [-0.05, 0) is 148 Å². The predicted molar refractivity (Wildman–Crippen MR) is 360 cm³/mol. The Morgan fingerprint density at radius 1 is 0.506 bits per heavy atom. The summed E-state index contributed by atoms with van der Waals surface area (Å²) in [4.78, 5) is 12.6. The van der Waals surface area contributed by atoms with Gasteiger partial charge in [0.2, 0.25) is 19.7 Å². The summed E-state index contributed by atoms with van der Waals surface area (Å²) in [5.74, 6) is -0.949. The van der Waals surface area contributed by atoms with Crippen LogP contribution in [0, 0.1) is 0 Å². The highest BCUT2D eigenvalue weighted by molar-refractivity contribution is 9.10. The molecule has 8 rings (SSSR count). The Bertz CT molecular complexity index is 4260. The summed E-state index contributed by atoms with van der Waals surface area (Å²) in [6.45, 7) is 17.6. The van der Waals surface area contributed by atoms with Crippen LogP contribution in [0.4, 0.5) is 0 Å². The van der Waals surface area contributed by atoms with Crippen LogP contribution in [-0.2, 0) is 88.4 Å². The van der Waals surface area contributed by atoms with E-state index in [-0.39, 0.29) is 56.9 Å². The number of aliphatic hydroxyl groups excluding tert-OH is 1. The second-order valence-corrected chi connectivity index (χ2v) is 43.7. The van der Waals surface area contributed by atoms with Gasteiger partial charge in [0.25, 0.3) is 0 Å². The summed E-state index contributed by atoms with van der Waals surface area (Å²) in [7, 11) is -21.0. The Hall–Kier alpha value is -3.57. The van der Waals surface area contributed by atoms with E-state index in [1.165, 1.54) is 89.4 Å². The van der Waals surface area contributed by atoms with Gasteiger partial charge in [0.15, 0.2) is 39.3 Å². The van der Waals surface area contributed by atoms with Crippen molar-refractivity contribution in [1.82, 2.24) is 0 Å². The van der Waals surface area contributed by atoms with Crippen LogP contribution in [0.15, 0.2) is 175 Å². The largest absolute Gasteiger partial charge is 0.477 e. The van der Waals surface area contributed by atoms with Gasteiger partial charge in [-0.1, -0.05) is 96.1 Å². The van der Waals surface area contributed by atoms with Gasteiger partial charge in [-0.15, -0.1) is 69.3 Å². The van der Waals surface area contributed by atoms with Gasteiger partial charge in [0.05, 0.1) is 43.7 Å². The number of carboxylic acids is 1. The van der Waals surface area contributed by atoms with E-state index in [4.69, 9.17) is 15.9 Å². The van der Waals surface area contributed by atoms with E-state index in [9.17, 15) is 55.3 Å². The number of aromatic carboxylic acids is 1. The number of hydrogen-bond donors (Lipinski definition) is 4. The molecule has 5 heterocycles. The lowest BCUT2D eigenvalue weighted by molar-refractivity contribution is 0.0702. The van der Waals surface area contributed by atoms with Crippen LogP contribution in [0.5, 0.6) is 0 Å². The van der Waals surface area contributed by atoms with Crippen LogP contribution in [0.3, 0.4) is 0 Å². The molecule has 0 bridgehead atoms. The SMILES string of the molecule is CC(C)(C)c1cc(Br)cc(S(C)(=O)=O)c1.CC(C)(C)c1cc(S(C)(=O)=O)cc(S(=O)(=O)c2ccc(CN)s2)c1.CC(C)(C)c1cc(S(C)(=O)=O)cc(S(=O)(=O)c2ccc(CO)s2)c1.CS(=O)(=O)c1ccc(Sc2ccc(C(=O)O)s2)s1.Sc1cccs1. The third kappa shape index (κ3) is 22.7. The zero-order chi connectivity index (χ0) is 66.3. The van der Waals surface area contributed by atoms with E-state index in [2.05, 4.69) is 49.3 Å². The number of sulfone groups is 6. The highest BCUT2D eigenvalue weighted by atomic mass is 79.9. The van der Waals surface area contributed by atoms with Gasteiger partial charge in [-0.2, -0.15) is 0 Å². The number of carboxylic acid groups (broad SMARTS) is 1. The first-order valence-corrected chi connectivity index (χ1v) is 42.0. The number of halogens is 1. The molecule has 8 aromatic rings. The van der Waals surface area contributed by atoms with Crippen molar-refractivity contribution in [2.75, 3.05) is 25.0 Å². The lowest BCUT2D eigenvalue weighted by atomic mass is 9.87. The summed E-state index contributed by atoms with van der Waals surface area (Å²) in [5.41, 5.74) is 6.99. The first-order chi connectivity index (χ1) is 39.6. The van der Waals surface area contributed by atoms with Crippen molar-refractivity contribution in [2.24, 2.45) is 5.73 Å². The van der Waals surface area contributed by atoms with E-state index in [1.54, 1.807) is 65.9 Å². The van der Waals surface area contributed by atoms with Gasteiger partial charge in [0, 0.05) is 45.8 Å². The number of hydrogen-bond acceptors (Lipinski definition) is 22. The van der Waals surface area contributed by atoms with Crippen molar-refractivity contribution < 1.29 is 65.5 Å². The van der Waals surface area contributed by atoms with Crippen molar-refractivity contribution >= 4 is 162 Å². The third-order valence-electron chi connectivity index (χ3n) is 11.7. The molecule has 4 N–H and O–H groups in total. The second-order valence-electron chi connectivity index (χ2n) is 22.3. The zero-order valence-corrected chi connectivity index (χ0v) is 61.7. The first-order valence-electron chi connectivity index (χ1n) is 25.3. The van der Waals surface area contributed by atoms with Gasteiger partial charge >= 0.3 is 5.97 Å². The van der Waals surface area contributed by atoms with Crippen molar-refractivity contribution in [3.63, 3.8) is 0 Å². The average Bonchev–Trinajstić information content (AvgIpc) is 1.68. The number of benzene rings is 3. The second kappa shape index (κ2) is 29.8. The molecule has 476 valence electrons. The van der Waals surface area contributed by atoms with Crippen LogP contribution in [-0.4, -0.2) is 91.7 Å². The topological polar surface area (TPSA) is 288 Å². The van der Waals surface area contributed by atoms with E-state index < -0.39 is 70.4 Å². The molecule has 3 aromatic carbocycles. The maximum absolute atomic E-state index is 12.9. The van der Waals surface area contributed by atoms with E-state index in [0.29, 0.717) is 25.1 Å². The van der Waals surface area contributed by atoms with Gasteiger partial charge in [-0.25, -0.2) is 55.3 Å². The fourth-order valence-corrected chi connectivity index (χ4v) is 20.2. The van der Waals surface area contributed by atoms with Crippen LogP contribution in [0.2, 0.25) is 0 Å². The molecular formula is C57H68BrNO15S13. The molecule has 30 heteroatoms. The minimum Gasteiger partial charge on any atom is -0.477 e. The predicted octanol–water partition coefficient (Wildman–Crippen LogP) is 13.8. The third-order valence-corrected chi connectivity index (χ3v) is 28.5. The molecule has 0 aliphatic carbocycles. The molecule has 5 aromatic heterocycles. The molecule has 0 spiro atoms. The lowest BCUT2D eigenvalue weighted by Gasteiger charge is -2.21. The summed E-state index contributed by atoms with van der Waals surface area (Å²) in [5, 5.41) is 19.9. The van der Waals surface area contributed by atoms with Crippen LogP contribution < -0.4 is 5.73 Å². The standard InChI is InChI=1S/C16H21NO4S3.C16H20O5S3.C11H15BrO2S.C10H8O4S4.C4H4S2/c2*1-16(2,3)11-7-13(23(4,18)19)9-14(8-11)24(20,21)15-6-5-12(10-17)22-15;1-11(2,3)8-5-9(12)7-10(6-8)15(4,13)14;1-18(13,14)9-5-4-8(17-9)16-7-3-2-6(15-7)10(11)12;5-4-2-1-3-6-4/h5-9H,10,17H2,1-4H3;5-9,17H,10H2,1-4H3;5-7H,1-4H3;2-5H,1H3,(H,11,12);1-3,5H. The van der Waals surface area contributed by atoms with Crippen LogP contribution in [0.25, 0.3) is 0 Å². The quantitative estimate of drug-likeness (QED) is 0.0780. The van der Waals surface area contributed by atoms with Crippen LogP contribution in [0.1, 0.15) is 98.4 Å². The Balaban J connectivity index is 0.000000243. The van der Waals surface area contributed by atoms with Gasteiger partial charge in [-0.3, -0.25) is 0 Å². The molecular weight excluding hydrogens is 1440 g/mol. The summed E-state index contributed by atoms with van der Waals surface area (Å²) in [6, 6.07) is 30.5. The Morgan fingerprint density at radius 3 is 1.22 bits per heavy atom. The average molecular weight is 1500 g/mol. The number of carbonyl (C=O) groups is 1. The lowest BCUT2D eigenvalue weighted by Crippen LogP contribution is -2.14. The Morgan fingerprint density at radius 2 is 0.897 bits per heavy atom. The first kappa shape index (κ1) is 75.9. The molecule has 87 heavy (non-hydrogen) atoms. The molecule has 16 nitrogen and oxygen atoms in total. The molecule has 0 radical (unpaired) electrons. The molecule has 0 aliphatic heterocycles. The summed E-state index contributed by atoms with van der Waals surface area (Å²) >= 11 is 14.8. The molecule has 0 aliphatic rings. The maximum Gasteiger partial charge on any atom is 0.345 e. The molecule has 0 atom stereocenters. The van der Waals surface area contributed by atoms with Crippen molar-refractivity contribution in [3.05, 3.63) is 156 Å². The molecule has 0 amide bonds. The normalized spacial score (nSPS) is 12.5. The minimum atomic E-state index is -3.85. The Labute approximate surface area is 550 Å². The molecule has 0 fully saturated rings. The van der Waals surface area contributed by atoms with E-state index in [1.807, 2.05) is 65.1 Å². The summed E-state index contributed by atoms with van der Waals surface area (Å²) < 4.78 is 149. The van der Waals surface area contributed by atoms with E-state index >= 15 is 0 Å². The number of thiol groups is 1. The fourth-order valence-electron chi connectivity index (χ4n) is 6.81. The summed E-state index contributed by atoms with van der Waals surface area (Å²) in [6.07, 6.45) is 4.52. The van der Waals surface area contributed by atoms with E-state index in [0.717, 1.165) is 62.7 Å². The van der Waals surface area contributed by atoms with Crippen molar-refractivity contribution in [1.29, 1.82) is 0 Å². The molecule has 0 saturated carbocycles. The maximum atomic E-state index is 12.9. The Kier molecular flexibility index (Phi) is 26.0. The highest BCUT2D eigenvalue weighted by Gasteiger charge is 2.28. The van der Waals surface area contributed by atoms with Gasteiger partial charge < -0.3 is 15.9 Å². The number of thiophene rings is 5. The smallest absolute Gasteiger partial charge is 0.345 e. The number of nitrogens with two attached hydrogens (primary N) is 1. The van der Waals surface area contributed by atoms with Crippen molar-refractivity contribution in [3.8, 4) is 0 Å². The monoisotopic (exact) mass is 1500 g/mol. The molecule has 0 saturated heterocycles. The number of rotatable bonds is 13. The van der Waals surface area contributed by atoms with Crippen molar-refractivity contribution in [2.45, 2.75) is 141 Å². The number of aliphatic hydroxyl groups is 1. The zero-order valence-electron chi connectivity index (χ0n) is 49.5. The molecule has 0 unspecified atom stereocenters. The minimum absolute atomic E-state index is 0.00380. The fraction of sp³-hybridized carbons (Fsp3) is 0.316. The van der Waals surface area contributed by atoms with Gasteiger partial charge in [0.1, 0.15) is 17.5 Å². The highest BCUT2D eigenvalue weighted by Crippen LogP contribution is 2.39. The van der Waals surface area contributed by atoms with Crippen LogP contribution >= 0.6 is 97.0 Å².